The first kappa shape index (κ1) is 34.9. The summed E-state index contributed by atoms with van der Waals surface area (Å²) in [5.74, 6) is 0.275. The number of carbonyl (C=O) groups excluding carboxylic acids is 2. The lowest BCUT2D eigenvalue weighted by atomic mass is 10.1. The van der Waals surface area contributed by atoms with E-state index in [0.29, 0.717) is 64.7 Å². The Balaban J connectivity index is 1.35. The molecule has 0 aliphatic carbocycles. The Labute approximate surface area is 302 Å². The quantitative estimate of drug-likeness (QED) is 0.127. The van der Waals surface area contributed by atoms with Gasteiger partial charge >= 0.3 is 5.97 Å². The largest absolute Gasteiger partial charge is 0.497 e. The van der Waals surface area contributed by atoms with Crippen LogP contribution in [0.5, 0.6) is 5.75 Å². The summed E-state index contributed by atoms with van der Waals surface area (Å²) in [4.78, 5) is 31.1. The van der Waals surface area contributed by atoms with Gasteiger partial charge in [-0.25, -0.2) is 13.2 Å². The zero-order valence-electron chi connectivity index (χ0n) is 27.3. The van der Waals surface area contributed by atoms with Crippen molar-refractivity contribution >= 4 is 82.0 Å². The van der Waals surface area contributed by atoms with Crippen molar-refractivity contribution in [3.05, 3.63) is 104 Å². The number of carbonyl (C=O) groups is 2. The van der Waals surface area contributed by atoms with Crippen molar-refractivity contribution in [3.63, 3.8) is 0 Å². The Morgan fingerprint density at radius 2 is 1.73 bits per heavy atom. The fourth-order valence-electron chi connectivity index (χ4n) is 5.99. The maximum absolute atomic E-state index is 14.8. The number of halogens is 1. The summed E-state index contributed by atoms with van der Waals surface area (Å²) in [5.41, 5.74) is 2.96. The molecule has 256 valence electrons. The minimum Gasteiger partial charge on any atom is -0.497 e. The third-order valence-corrected chi connectivity index (χ3v) is 13.5. The van der Waals surface area contributed by atoms with E-state index in [1.165, 1.54) is 27.0 Å². The molecule has 1 fully saturated rings. The van der Waals surface area contributed by atoms with Gasteiger partial charge in [-0.15, -0.1) is 22.7 Å². The molecule has 3 aromatic carbocycles. The maximum atomic E-state index is 14.8. The highest BCUT2D eigenvalue weighted by atomic mass is 79.9. The zero-order chi connectivity index (χ0) is 34.7. The monoisotopic (exact) mass is 781 g/mol. The molecule has 1 aliphatic rings. The second-order valence-electron chi connectivity index (χ2n) is 11.5. The van der Waals surface area contributed by atoms with E-state index in [-0.39, 0.29) is 24.0 Å². The predicted molar refractivity (Wildman–Crippen MR) is 200 cm³/mol. The van der Waals surface area contributed by atoms with Crippen molar-refractivity contribution in [2.75, 3.05) is 55.6 Å². The minimum absolute atomic E-state index is 0.0115. The summed E-state index contributed by atoms with van der Waals surface area (Å²) in [6.45, 7) is 6.11. The van der Waals surface area contributed by atoms with E-state index in [0.717, 1.165) is 20.4 Å². The van der Waals surface area contributed by atoms with Crippen LogP contribution in [-0.4, -0.2) is 71.6 Å². The molecule has 0 spiro atoms. The Morgan fingerprint density at radius 1 is 0.959 bits per heavy atom. The van der Waals surface area contributed by atoms with E-state index < -0.39 is 16.0 Å². The van der Waals surface area contributed by atoms with Crippen molar-refractivity contribution in [1.82, 2.24) is 4.90 Å². The number of thiophene rings is 2. The number of para-hydroxylation sites is 2. The molecule has 0 N–H and O–H groups in total. The summed E-state index contributed by atoms with van der Waals surface area (Å²) in [6.07, 6.45) is 0.440. The lowest BCUT2D eigenvalue weighted by Gasteiger charge is -2.38. The van der Waals surface area contributed by atoms with Crippen LogP contribution in [0.1, 0.15) is 37.4 Å². The molecule has 5 aromatic rings. The lowest BCUT2D eigenvalue weighted by molar-refractivity contribution is 0.0531. The first-order valence-electron chi connectivity index (χ1n) is 15.8. The van der Waals surface area contributed by atoms with Crippen LogP contribution in [0, 0.1) is 6.92 Å². The molecule has 9 nitrogen and oxygen atoms in total. The van der Waals surface area contributed by atoms with Gasteiger partial charge in [-0.2, -0.15) is 0 Å². The summed E-state index contributed by atoms with van der Waals surface area (Å²) in [7, 11) is -2.49. The number of methoxy groups -OCH3 is 1. The highest BCUT2D eigenvalue weighted by Crippen LogP contribution is 2.38. The molecule has 0 saturated carbocycles. The minimum atomic E-state index is -4.09. The van der Waals surface area contributed by atoms with Gasteiger partial charge in [0, 0.05) is 41.9 Å². The molecule has 1 aliphatic heterocycles. The van der Waals surface area contributed by atoms with Crippen LogP contribution in [0.15, 0.2) is 87.5 Å². The Bertz CT molecular complexity index is 2100. The van der Waals surface area contributed by atoms with Gasteiger partial charge in [0.25, 0.3) is 15.9 Å². The number of amides is 1. The number of sulfonamides is 1. The first-order chi connectivity index (χ1) is 23.6. The third kappa shape index (κ3) is 7.21. The fourth-order valence-corrected chi connectivity index (χ4v) is 10.1. The standard InChI is InChI=1S/C36H36BrN3O6S3/c1-4-46-36(42)33-24(2)28-23-27(12-13-32(28)48-33)49(43,44)40(16-14-25-8-7-9-26(22-25)45-3)31-11-6-5-10-30(31)38-17-19-39(20-18-38)35(41)34-29(37)15-21-47-34/h5-13,15,21-23H,4,14,16-20H2,1-3H3. The topological polar surface area (TPSA) is 96.5 Å². The highest BCUT2D eigenvalue weighted by Gasteiger charge is 2.31. The van der Waals surface area contributed by atoms with Crippen LogP contribution in [0.2, 0.25) is 0 Å². The molecule has 13 heteroatoms. The first-order valence-corrected chi connectivity index (χ1v) is 19.8. The number of aryl methyl sites for hydroxylation is 1. The normalized spacial score (nSPS) is 13.5. The van der Waals surface area contributed by atoms with E-state index in [9.17, 15) is 18.0 Å². The molecule has 0 bridgehead atoms. The molecule has 0 atom stereocenters. The Hall–Kier alpha value is -3.91. The van der Waals surface area contributed by atoms with Crippen molar-refractivity contribution in [3.8, 4) is 5.75 Å². The lowest BCUT2D eigenvalue weighted by Crippen LogP contribution is -2.49. The number of hydrogen-bond acceptors (Lipinski definition) is 9. The Kier molecular flexibility index (Phi) is 10.6. The van der Waals surface area contributed by atoms with Gasteiger partial charge in [-0.3, -0.25) is 9.10 Å². The van der Waals surface area contributed by atoms with E-state index in [2.05, 4.69) is 20.8 Å². The van der Waals surface area contributed by atoms with Gasteiger partial charge < -0.3 is 19.3 Å². The van der Waals surface area contributed by atoms with Crippen LogP contribution in [0.3, 0.4) is 0 Å². The van der Waals surface area contributed by atoms with E-state index >= 15 is 0 Å². The number of rotatable bonds is 11. The van der Waals surface area contributed by atoms with Crippen LogP contribution < -0.4 is 13.9 Å². The Morgan fingerprint density at radius 3 is 2.45 bits per heavy atom. The molecule has 0 radical (unpaired) electrons. The number of ether oxygens (including phenoxy) is 2. The van der Waals surface area contributed by atoms with E-state index in [1.54, 1.807) is 32.2 Å². The number of piperazine rings is 1. The number of nitrogens with zero attached hydrogens (tertiary/aromatic N) is 3. The van der Waals surface area contributed by atoms with Crippen LogP contribution in [-0.2, 0) is 21.2 Å². The van der Waals surface area contributed by atoms with Gasteiger partial charge in [0.05, 0.1) is 30.0 Å². The second-order valence-corrected chi connectivity index (χ2v) is 16.2. The average Bonchev–Trinajstić information content (AvgIpc) is 3.70. The smallest absolute Gasteiger partial charge is 0.348 e. The molecule has 49 heavy (non-hydrogen) atoms. The van der Waals surface area contributed by atoms with Crippen molar-refractivity contribution in [1.29, 1.82) is 0 Å². The number of fused-ring (bicyclic) bond motifs is 1. The summed E-state index contributed by atoms with van der Waals surface area (Å²) in [5, 5.41) is 2.59. The SMILES string of the molecule is CCOC(=O)c1sc2ccc(S(=O)(=O)N(CCc3cccc(OC)c3)c3ccccc3N3CCN(C(=O)c4sccc4Br)CC3)cc2c1C. The van der Waals surface area contributed by atoms with Crippen molar-refractivity contribution in [2.24, 2.45) is 0 Å². The van der Waals surface area contributed by atoms with Crippen molar-refractivity contribution < 1.29 is 27.5 Å². The third-order valence-electron chi connectivity index (χ3n) is 8.56. The van der Waals surface area contributed by atoms with Crippen LogP contribution in [0.4, 0.5) is 11.4 Å². The molecular weight excluding hydrogens is 747 g/mol. The molecule has 1 amide bonds. The molecule has 0 unspecified atom stereocenters. The molecule has 1 saturated heterocycles. The number of esters is 1. The highest BCUT2D eigenvalue weighted by molar-refractivity contribution is 9.10. The average molecular weight is 783 g/mol. The molecule has 2 aromatic heterocycles. The molecular formula is C36H36BrN3O6S3. The maximum Gasteiger partial charge on any atom is 0.348 e. The summed E-state index contributed by atoms with van der Waals surface area (Å²) < 4.78 is 43.3. The van der Waals surface area contributed by atoms with Crippen LogP contribution >= 0.6 is 38.6 Å². The zero-order valence-corrected chi connectivity index (χ0v) is 31.4. The molecule has 6 rings (SSSR count). The number of hydrogen-bond donors (Lipinski definition) is 0. The van der Waals surface area contributed by atoms with Gasteiger partial charge in [0.1, 0.15) is 15.5 Å². The molecule has 3 heterocycles. The van der Waals surface area contributed by atoms with Gasteiger partial charge in [-0.05, 0) is 107 Å². The summed E-state index contributed by atoms with van der Waals surface area (Å²) >= 11 is 6.19. The number of benzene rings is 3. The van der Waals surface area contributed by atoms with Crippen LogP contribution in [0.25, 0.3) is 10.1 Å². The van der Waals surface area contributed by atoms with Gasteiger partial charge in [0.15, 0.2) is 0 Å². The van der Waals surface area contributed by atoms with E-state index in [4.69, 9.17) is 9.47 Å². The fraction of sp³-hybridized carbons (Fsp3) is 0.278. The van der Waals surface area contributed by atoms with Crippen molar-refractivity contribution in [2.45, 2.75) is 25.2 Å². The summed E-state index contributed by atoms with van der Waals surface area (Å²) in [6, 6.07) is 22.1. The van der Waals surface area contributed by atoms with Gasteiger partial charge in [-0.1, -0.05) is 24.3 Å². The predicted octanol–water partition coefficient (Wildman–Crippen LogP) is 7.62. The second kappa shape index (κ2) is 14.9. The number of anilines is 2. The van der Waals surface area contributed by atoms with E-state index in [1.807, 2.05) is 71.8 Å². The van der Waals surface area contributed by atoms with Gasteiger partial charge in [0.2, 0.25) is 0 Å².